The largest absolute Gasteiger partial charge is 0.475 e. The monoisotopic (exact) mass is 413 g/mol. The van der Waals surface area contributed by atoms with Gasteiger partial charge in [-0.25, -0.2) is 0 Å². The molecule has 0 radical (unpaired) electrons. The molecule has 31 heavy (non-hydrogen) atoms. The Bertz CT molecular complexity index is 1140. The lowest BCUT2D eigenvalue weighted by molar-refractivity contribution is -0.121. The molecule has 0 aliphatic carbocycles. The summed E-state index contributed by atoms with van der Waals surface area (Å²) in [6.07, 6.45) is 1.58. The zero-order valence-corrected chi connectivity index (χ0v) is 16.5. The number of furan rings is 1. The van der Waals surface area contributed by atoms with E-state index in [1.807, 2.05) is 54.6 Å². The highest BCUT2D eigenvalue weighted by molar-refractivity contribution is 5.89. The number of hydrogen-bond donors (Lipinski definition) is 1. The van der Waals surface area contributed by atoms with Crippen molar-refractivity contribution in [3.63, 3.8) is 0 Å². The van der Waals surface area contributed by atoms with E-state index in [2.05, 4.69) is 15.5 Å². The Kier molecular flexibility index (Phi) is 5.06. The molecule has 1 aliphatic rings. The van der Waals surface area contributed by atoms with Gasteiger partial charge in [0.05, 0.1) is 18.7 Å². The van der Waals surface area contributed by atoms with Gasteiger partial charge in [0.1, 0.15) is 23.8 Å². The summed E-state index contributed by atoms with van der Waals surface area (Å²) in [6, 6.07) is 22.3. The normalized spacial score (nSPS) is 12.4. The van der Waals surface area contributed by atoms with Crippen molar-refractivity contribution in [2.75, 3.05) is 13.2 Å². The number of nitrogens with zero attached hydrogens (tertiary/aromatic N) is 2. The van der Waals surface area contributed by atoms with Crippen molar-refractivity contribution in [3.8, 4) is 28.8 Å². The minimum absolute atomic E-state index is 0.106. The van der Waals surface area contributed by atoms with Crippen LogP contribution in [0.1, 0.15) is 17.0 Å². The van der Waals surface area contributed by atoms with E-state index in [-0.39, 0.29) is 12.5 Å². The molecule has 1 aliphatic heterocycles. The van der Waals surface area contributed by atoms with Crippen LogP contribution in [-0.4, -0.2) is 29.3 Å². The SMILES string of the molecule is O=C(NCCOc1ccc(-c2ccco2)nn1)C1c2ccccc2Oc2ccccc21. The second kappa shape index (κ2) is 8.31. The maximum Gasteiger partial charge on any atom is 0.233 e. The quantitative estimate of drug-likeness (QED) is 0.478. The van der Waals surface area contributed by atoms with E-state index in [4.69, 9.17) is 13.9 Å². The number of aromatic nitrogens is 2. The first-order valence-corrected chi connectivity index (χ1v) is 9.93. The second-order valence-electron chi connectivity index (χ2n) is 6.98. The van der Waals surface area contributed by atoms with Crippen LogP contribution in [0.4, 0.5) is 0 Å². The fourth-order valence-electron chi connectivity index (χ4n) is 3.58. The lowest BCUT2D eigenvalue weighted by atomic mass is 9.87. The summed E-state index contributed by atoms with van der Waals surface area (Å²) in [6.45, 7) is 0.606. The zero-order chi connectivity index (χ0) is 21.0. The molecular formula is C24H19N3O4. The Morgan fingerprint density at radius 3 is 2.29 bits per heavy atom. The summed E-state index contributed by atoms with van der Waals surface area (Å²) in [5.41, 5.74) is 2.32. The number of carbonyl (C=O) groups is 1. The Hall–Kier alpha value is -4.13. The van der Waals surface area contributed by atoms with Crippen molar-refractivity contribution in [3.05, 3.63) is 90.2 Å². The standard InChI is InChI=1S/C24H19N3O4/c28-24(23-16-6-1-3-8-19(16)31-20-9-4-2-7-17(20)23)25-13-15-30-22-12-11-18(26-27-22)21-10-5-14-29-21/h1-12,14,23H,13,15H2,(H,25,28). The van der Waals surface area contributed by atoms with Gasteiger partial charge in [0.25, 0.3) is 0 Å². The molecule has 7 heteroatoms. The minimum atomic E-state index is -0.437. The van der Waals surface area contributed by atoms with Crippen LogP contribution < -0.4 is 14.8 Å². The summed E-state index contributed by atoms with van der Waals surface area (Å²) in [4.78, 5) is 13.1. The second-order valence-corrected chi connectivity index (χ2v) is 6.98. The summed E-state index contributed by atoms with van der Waals surface area (Å²) in [5, 5.41) is 11.1. The van der Waals surface area contributed by atoms with Crippen LogP contribution in [0.3, 0.4) is 0 Å². The first-order valence-electron chi connectivity index (χ1n) is 9.93. The Balaban J connectivity index is 1.21. The number of rotatable bonds is 6. The van der Waals surface area contributed by atoms with Gasteiger partial charge < -0.3 is 19.2 Å². The van der Waals surface area contributed by atoms with Crippen LogP contribution in [0.25, 0.3) is 11.5 Å². The van der Waals surface area contributed by atoms with Gasteiger partial charge in [0, 0.05) is 17.2 Å². The molecule has 1 amide bonds. The highest BCUT2D eigenvalue weighted by Crippen LogP contribution is 2.43. The van der Waals surface area contributed by atoms with Gasteiger partial charge in [-0.3, -0.25) is 4.79 Å². The van der Waals surface area contributed by atoms with Crippen molar-refractivity contribution in [1.82, 2.24) is 15.5 Å². The molecule has 1 N–H and O–H groups in total. The molecule has 0 fully saturated rings. The number of carbonyl (C=O) groups excluding carboxylic acids is 1. The zero-order valence-electron chi connectivity index (χ0n) is 16.5. The third kappa shape index (κ3) is 3.85. The van der Waals surface area contributed by atoms with Crippen molar-refractivity contribution in [2.45, 2.75) is 5.92 Å². The third-order valence-corrected chi connectivity index (χ3v) is 5.01. The Morgan fingerprint density at radius 1 is 0.903 bits per heavy atom. The smallest absolute Gasteiger partial charge is 0.233 e. The van der Waals surface area contributed by atoms with Crippen molar-refractivity contribution < 1.29 is 18.7 Å². The van der Waals surface area contributed by atoms with Crippen LogP contribution >= 0.6 is 0 Å². The first-order chi connectivity index (χ1) is 15.3. The van der Waals surface area contributed by atoms with Crippen LogP contribution in [0.5, 0.6) is 17.4 Å². The van der Waals surface area contributed by atoms with Crippen LogP contribution in [-0.2, 0) is 4.79 Å². The molecule has 154 valence electrons. The van der Waals surface area contributed by atoms with Gasteiger partial charge in [-0.2, -0.15) is 0 Å². The average molecular weight is 413 g/mol. The number of nitrogens with one attached hydrogen (secondary N) is 1. The number of amides is 1. The average Bonchev–Trinajstić information content (AvgIpc) is 3.35. The number of fused-ring (bicyclic) bond motifs is 2. The minimum Gasteiger partial charge on any atom is -0.475 e. The van der Waals surface area contributed by atoms with Gasteiger partial charge in [0.2, 0.25) is 11.8 Å². The molecule has 0 saturated heterocycles. The third-order valence-electron chi connectivity index (χ3n) is 5.01. The van der Waals surface area contributed by atoms with E-state index in [0.29, 0.717) is 35.4 Å². The molecule has 0 unspecified atom stereocenters. The fourth-order valence-corrected chi connectivity index (χ4v) is 3.58. The molecule has 0 atom stereocenters. The van der Waals surface area contributed by atoms with E-state index in [1.54, 1.807) is 24.5 Å². The van der Waals surface area contributed by atoms with Gasteiger partial charge in [-0.05, 0) is 30.3 Å². The lowest BCUT2D eigenvalue weighted by Gasteiger charge is -2.27. The predicted octanol–water partition coefficient (Wildman–Crippen LogP) is 4.17. The first kappa shape index (κ1) is 18.9. The predicted molar refractivity (Wildman–Crippen MR) is 113 cm³/mol. The van der Waals surface area contributed by atoms with Crippen LogP contribution in [0, 0.1) is 0 Å². The number of benzene rings is 2. The molecule has 4 aromatic rings. The Labute approximate surface area is 178 Å². The van der Waals surface area contributed by atoms with Crippen molar-refractivity contribution in [2.24, 2.45) is 0 Å². The summed E-state index contributed by atoms with van der Waals surface area (Å²) in [5.74, 6) is 1.88. The summed E-state index contributed by atoms with van der Waals surface area (Å²) in [7, 11) is 0. The molecule has 2 aromatic heterocycles. The molecule has 0 saturated carbocycles. The molecule has 0 spiro atoms. The number of para-hydroxylation sites is 2. The molecule has 3 heterocycles. The maximum absolute atomic E-state index is 13.1. The number of hydrogen-bond acceptors (Lipinski definition) is 6. The van der Waals surface area contributed by atoms with Crippen LogP contribution in [0.2, 0.25) is 0 Å². The summed E-state index contributed by atoms with van der Waals surface area (Å²) < 4.78 is 16.9. The van der Waals surface area contributed by atoms with Crippen molar-refractivity contribution in [1.29, 1.82) is 0 Å². The van der Waals surface area contributed by atoms with E-state index in [9.17, 15) is 4.79 Å². The lowest BCUT2D eigenvalue weighted by Crippen LogP contribution is -2.34. The number of ether oxygens (including phenoxy) is 2. The molecule has 7 nitrogen and oxygen atoms in total. The van der Waals surface area contributed by atoms with Crippen LogP contribution in [0.15, 0.2) is 83.5 Å². The van der Waals surface area contributed by atoms with Crippen molar-refractivity contribution >= 4 is 5.91 Å². The van der Waals surface area contributed by atoms with E-state index in [0.717, 1.165) is 11.1 Å². The summed E-state index contributed by atoms with van der Waals surface area (Å²) >= 11 is 0. The van der Waals surface area contributed by atoms with Gasteiger partial charge in [-0.1, -0.05) is 36.4 Å². The molecule has 5 rings (SSSR count). The highest BCUT2D eigenvalue weighted by Gasteiger charge is 2.32. The van der Waals surface area contributed by atoms with E-state index in [1.165, 1.54) is 0 Å². The maximum atomic E-state index is 13.1. The highest BCUT2D eigenvalue weighted by atomic mass is 16.5. The Morgan fingerprint density at radius 2 is 1.65 bits per heavy atom. The molecule has 0 bridgehead atoms. The van der Waals surface area contributed by atoms with Gasteiger partial charge in [0.15, 0.2) is 5.76 Å². The fraction of sp³-hybridized carbons (Fsp3) is 0.125. The van der Waals surface area contributed by atoms with Gasteiger partial charge in [-0.15, -0.1) is 10.2 Å². The van der Waals surface area contributed by atoms with Gasteiger partial charge >= 0.3 is 0 Å². The molecule has 2 aromatic carbocycles. The van der Waals surface area contributed by atoms with E-state index < -0.39 is 5.92 Å². The topological polar surface area (TPSA) is 86.5 Å². The molecular weight excluding hydrogens is 394 g/mol. The van der Waals surface area contributed by atoms with E-state index >= 15 is 0 Å².